The number of amides is 2. The lowest BCUT2D eigenvalue weighted by Gasteiger charge is -2.22. The minimum absolute atomic E-state index is 0.0417. The predicted octanol–water partition coefficient (Wildman–Crippen LogP) is -0.619. The van der Waals surface area contributed by atoms with E-state index in [4.69, 9.17) is 0 Å². The quantitative estimate of drug-likeness (QED) is 0.545. The largest absolute Gasteiger partial charge is 0.355 e. The van der Waals surface area contributed by atoms with Crippen molar-refractivity contribution in [3.05, 3.63) is 0 Å². The Morgan fingerprint density at radius 3 is 2.60 bits per heavy atom. The minimum atomic E-state index is -0.0694. The monoisotopic (exact) mass is 213 g/mol. The molecule has 0 bridgehead atoms. The summed E-state index contributed by atoms with van der Waals surface area (Å²) in [5.74, 6) is -0.0277. The maximum atomic E-state index is 11.6. The molecule has 1 aliphatic rings. The molecule has 2 amide bonds. The average molecular weight is 213 g/mol. The van der Waals surface area contributed by atoms with E-state index in [1.807, 2.05) is 0 Å². The number of carbonyl (C=O) groups excluding carboxylic acids is 2. The molecule has 0 aliphatic carbocycles. The number of hydrogen-bond acceptors (Lipinski definition) is 3. The van der Waals surface area contributed by atoms with Gasteiger partial charge in [0, 0.05) is 20.0 Å². The molecule has 1 aliphatic heterocycles. The van der Waals surface area contributed by atoms with Crippen LogP contribution in [0, 0.1) is 0 Å². The molecule has 0 aromatic carbocycles. The average Bonchev–Trinajstić information content (AvgIpc) is 2.25. The maximum absolute atomic E-state index is 11.6. The molecule has 1 atom stereocenters. The van der Waals surface area contributed by atoms with Crippen LogP contribution in [0.25, 0.3) is 0 Å². The normalized spacial score (nSPS) is 20.7. The van der Waals surface area contributed by atoms with Gasteiger partial charge in [0.05, 0.1) is 6.04 Å². The van der Waals surface area contributed by atoms with Gasteiger partial charge in [-0.25, -0.2) is 0 Å². The minimum Gasteiger partial charge on any atom is -0.355 e. The van der Waals surface area contributed by atoms with Crippen molar-refractivity contribution in [3.63, 3.8) is 0 Å². The van der Waals surface area contributed by atoms with Crippen LogP contribution in [0.3, 0.4) is 0 Å². The maximum Gasteiger partial charge on any atom is 0.237 e. The van der Waals surface area contributed by atoms with Crippen LogP contribution in [0.4, 0.5) is 0 Å². The molecule has 1 saturated heterocycles. The van der Waals surface area contributed by atoms with Crippen LogP contribution >= 0.6 is 0 Å². The lowest BCUT2D eigenvalue weighted by Crippen LogP contribution is -2.48. The molecule has 15 heavy (non-hydrogen) atoms. The highest BCUT2D eigenvalue weighted by Gasteiger charge is 2.19. The third kappa shape index (κ3) is 4.78. The zero-order chi connectivity index (χ0) is 11.1. The Hall–Kier alpha value is -1.10. The lowest BCUT2D eigenvalue weighted by atomic mass is 10.0. The Kier molecular flexibility index (Phi) is 5.10. The summed E-state index contributed by atoms with van der Waals surface area (Å²) in [7, 11) is 0. The SMILES string of the molecule is CC(=O)NCCNC(=O)[C@H]1CCCCN1. The molecule has 0 unspecified atom stereocenters. The Bertz CT molecular complexity index is 225. The fraction of sp³-hybridized carbons (Fsp3) is 0.800. The number of piperidine rings is 1. The highest BCUT2D eigenvalue weighted by atomic mass is 16.2. The summed E-state index contributed by atoms with van der Waals surface area (Å²) < 4.78 is 0. The van der Waals surface area contributed by atoms with Crippen molar-refractivity contribution >= 4 is 11.8 Å². The Morgan fingerprint density at radius 1 is 1.27 bits per heavy atom. The van der Waals surface area contributed by atoms with Crippen molar-refractivity contribution in [2.75, 3.05) is 19.6 Å². The second-order valence-electron chi connectivity index (χ2n) is 3.78. The van der Waals surface area contributed by atoms with Gasteiger partial charge >= 0.3 is 0 Å². The van der Waals surface area contributed by atoms with Crippen molar-refractivity contribution in [1.29, 1.82) is 0 Å². The summed E-state index contributed by atoms with van der Waals surface area (Å²) in [4.78, 5) is 22.1. The summed E-state index contributed by atoms with van der Waals surface area (Å²) in [6.07, 6.45) is 3.17. The first-order chi connectivity index (χ1) is 7.20. The van der Waals surface area contributed by atoms with Crippen LogP contribution in [0.5, 0.6) is 0 Å². The first-order valence-corrected chi connectivity index (χ1v) is 5.45. The number of hydrogen-bond donors (Lipinski definition) is 3. The first kappa shape index (κ1) is 12.0. The van der Waals surface area contributed by atoms with Gasteiger partial charge in [0.1, 0.15) is 0 Å². The molecular weight excluding hydrogens is 194 g/mol. The van der Waals surface area contributed by atoms with Crippen LogP contribution in [0.1, 0.15) is 26.2 Å². The van der Waals surface area contributed by atoms with Gasteiger partial charge in [-0.15, -0.1) is 0 Å². The second-order valence-corrected chi connectivity index (χ2v) is 3.78. The Labute approximate surface area is 90.0 Å². The molecule has 0 aromatic heterocycles. The van der Waals surface area contributed by atoms with Crippen molar-refractivity contribution < 1.29 is 9.59 Å². The van der Waals surface area contributed by atoms with Gasteiger partial charge in [-0.1, -0.05) is 6.42 Å². The fourth-order valence-corrected chi connectivity index (χ4v) is 1.62. The third-order valence-corrected chi connectivity index (χ3v) is 2.42. The summed E-state index contributed by atoms with van der Waals surface area (Å²) in [5.41, 5.74) is 0. The van der Waals surface area contributed by atoms with Crippen LogP contribution in [-0.4, -0.2) is 37.5 Å². The van der Waals surface area contributed by atoms with Gasteiger partial charge < -0.3 is 16.0 Å². The van der Waals surface area contributed by atoms with Gasteiger partial charge in [-0.2, -0.15) is 0 Å². The van der Waals surface area contributed by atoms with Crippen molar-refractivity contribution in [2.24, 2.45) is 0 Å². The standard InChI is InChI=1S/C10H19N3O2/c1-8(14)11-6-7-13-10(15)9-4-2-3-5-12-9/h9,12H,2-7H2,1H3,(H,11,14)(H,13,15)/t9-/m1/s1. The third-order valence-electron chi connectivity index (χ3n) is 2.42. The van der Waals surface area contributed by atoms with Gasteiger partial charge in [0.15, 0.2) is 0 Å². The van der Waals surface area contributed by atoms with E-state index in [1.165, 1.54) is 6.92 Å². The smallest absolute Gasteiger partial charge is 0.237 e. The van der Waals surface area contributed by atoms with E-state index in [9.17, 15) is 9.59 Å². The van der Waals surface area contributed by atoms with Gasteiger partial charge in [0.2, 0.25) is 11.8 Å². The molecular formula is C10H19N3O2. The molecule has 1 heterocycles. The van der Waals surface area contributed by atoms with E-state index < -0.39 is 0 Å². The molecule has 86 valence electrons. The van der Waals surface area contributed by atoms with E-state index in [0.717, 1.165) is 25.8 Å². The molecule has 1 fully saturated rings. The molecule has 5 nitrogen and oxygen atoms in total. The van der Waals surface area contributed by atoms with Crippen molar-refractivity contribution in [3.8, 4) is 0 Å². The van der Waals surface area contributed by atoms with E-state index in [2.05, 4.69) is 16.0 Å². The molecule has 0 saturated carbocycles. The molecule has 5 heteroatoms. The first-order valence-electron chi connectivity index (χ1n) is 5.45. The summed E-state index contributed by atoms with van der Waals surface area (Å²) >= 11 is 0. The van der Waals surface area contributed by atoms with Crippen LogP contribution in [0.15, 0.2) is 0 Å². The number of carbonyl (C=O) groups is 2. The van der Waals surface area contributed by atoms with Crippen LogP contribution < -0.4 is 16.0 Å². The highest BCUT2D eigenvalue weighted by molar-refractivity contribution is 5.81. The zero-order valence-corrected chi connectivity index (χ0v) is 9.14. The van der Waals surface area contributed by atoms with Gasteiger partial charge in [-0.05, 0) is 19.4 Å². The van der Waals surface area contributed by atoms with Crippen molar-refractivity contribution in [2.45, 2.75) is 32.2 Å². The van der Waals surface area contributed by atoms with E-state index in [-0.39, 0.29) is 17.9 Å². The van der Waals surface area contributed by atoms with Crippen LogP contribution in [0.2, 0.25) is 0 Å². The Balaban J connectivity index is 2.09. The molecule has 3 N–H and O–H groups in total. The summed E-state index contributed by atoms with van der Waals surface area (Å²) in [6.45, 7) is 3.37. The van der Waals surface area contributed by atoms with Gasteiger partial charge in [0.25, 0.3) is 0 Å². The molecule has 0 radical (unpaired) electrons. The highest BCUT2D eigenvalue weighted by Crippen LogP contribution is 2.06. The molecule has 0 spiro atoms. The molecule has 0 aromatic rings. The number of rotatable bonds is 4. The topological polar surface area (TPSA) is 70.2 Å². The fourth-order valence-electron chi connectivity index (χ4n) is 1.62. The zero-order valence-electron chi connectivity index (χ0n) is 9.14. The van der Waals surface area contributed by atoms with E-state index >= 15 is 0 Å². The summed E-state index contributed by atoms with van der Waals surface area (Å²) in [5, 5.41) is 8.59. The van der Waals surface area contributed by atoms with E-state index in [1.54, 1.807) is 0 Å². The number of nitrogens with one attached hydrogen (secondary N) is 3. The molecule has 1 rings (SSSR count). The van der Waals surface area contributed by atoms with Crippen molar-refractivity contribution in [1.82, 2.24) is 16.0 Å². The van der Waals surface area contributed by atoms with Crippen LogP contribution in [-0.2, 0) is 9.59 Å². The lowest BCUT2D eigenvalue weighted by molar-refractivity contribution is -0.124. The summed E-state index contributed by atoms with van der Waals surface area (Å²) in [6, 6.07) is -0.0453. The second kappa shape index (κ2) is 6.40. The van der Waals surface area contributed by atoms with Gasteiger partial charge in [-0.3, -0.25) is 9.59 Å². The predicted molar refractivity (Wildman–Crippen MR) is 57.3 cm³/mol. The Morgan fingerprint density at radius 2 is 2.00 bits per heavy atom. The van der Waals surface area contributed by atoms with E-state index in [0.29, 0.717) is 13.1 Å².